The molecule has 1 aliphatic carbocycles. The Morgan fingerprint density at radius 1 is 1.65 bits per heavy atom. The normalized spacial score (nSPS) is 21.9. The van der Waals surface area contributed by atoms with Crippen molar-refractivity contribution >= 4 is 5.78 Å². The third-order valence-corrected chi connectivity index (χ3v) is 4.10. The van der Waals surface area contributed by atoms with Gasteiger partial charge in [0, 0.05) is 18.2 Å². The van der Waals surface area contributed by atoms with Crippen LogP contribution in [0.1, 0.15) is 43.9 Å². The number of carbonyl (C=O) groups excluding carboxylic acids is 1. The summed E-state index contributed by atoms with van der Waals surface area (Å²) in [6, 6.07) is 4.01. The van der Waals surface area contributed by atoms with Gasteiger partial charge in [-0.1, -0.05) is 19.9 Å². The van der Waals surface area contributed by atoms with Gasteiger partial charge in [-0.15, -0.1) is 0 Å². The Hall–Kier alpha value is -1.22. The van der Waals surface area contributed by atoms with Crippen molar-refractivity contribution in [2.24, 2.45) is 11.1 Å². The van der Waals surface area contributed by atoms with E-state index in [2.05, 4.69) is 11.1 Å². The Morgan fingerprint density at radius 3 is 3.06 bits per heavy atom. The molecule has 0 fully saturated rings. The number of carbonyl (C=O) groups is 1. The molecule has 3 nitrogen and oxygen atoms in total. The molecule has 1 aromatic rings. The highest BCUT2D eigenvalue weighted by Crippen LogP contribution is 2.37. The number of rotatable bonds is 4. The van der Waals surface area contributed by atoms with Crippen LogP contribution in [0.15, 0.2) is 18.3 Å². The van der Waals surface area contributed by atoms with E-state index in [1.807, 2.05) is 19.9 Å². The Balaban J connectivity index is 2.29. The minimum Gasteiger partial charge on any atom is -0.329 e. The molecule has 0 bridgehead atoms. The van der Waals surface area contributed by atoms with Gasteiger partial charge in [0.2, 0.25) is 0 Å². The Labute approximate surface area is 102 Å². The fourth-order valence-electron chi connectivity index (χ4n) is 2.51. The lowest BCUT2D eigenvalue weighted by molar-refractivity contribution is -0.129. The van der Waals surface area contributed by atoms with E-state index in [4.69, 9.17) is 5.73 Å². The number of aryl methyl sites for hydroxylation is 1. The SMILES string of the molecule is CCC(C)(CN)C(=O)C1CCc2cccnc21. The van der Waals surface area contributed by atoms with Crippen LogP contribution in [-0.2, 0) is 11.2 Å². The van der Waals surface area contributed by atoms with Gasteiger partial charge in [-0.25, -0.2) is 0 Å². The topological polar surface area (TPSA) is 56.0 Å². The Bertz CT molecular complexity index is 424. The van der Waals surface area contributed by atoms with Crippen molar-refractivity contribution in [1.82, 2.24) is 4.98 Å². The predicted octanol–water partition coefficient (Wildman–Crippen LogP) is 2.06. The highest BCUT2D eigenvalue weighted by atomic mass is 16.1. The highest BCUT2D eigenvalue weighted by molar-refractivity contribution is 5.91. The summed E-state index contributed by atoms with van der Waals surface area (Å²) in [6.07, 6.45) is 4.42. The van der Waals surface area contributed by atoms with Gasteiger partial charge >= 0.3 is 0 Å². The second-order valence-corrected chi connectivity index (χ2v) is 5.12. The predicted molar refractivity (Wildman–Crippen MR) is 67.8 cm³/mol. The number of hydrogen-bond donors (Lipinski definition) is 1. The fraction of sp³-hybridized carbons (Fsp3) is 0.571. The summed E-state index contributed by atoms with van der Waals surface area (Å²) in [4.78, 5) is 17.0. The maximum Gasteiger partial charge on any atom is 0.149 e. The summed E-state index contributed by atoms with van der Waals surface area (Å²) in [6.45, 7) is 4.41. The molecule has 0 saturated heterocycles. The summed E-state index contributed by atoms with van der Waals surface area (Å²) < 4.78 is 0. The van der Waals surface area contributed by atoms with Gasteiger partial charge in [0.25, 0.3) is 0 Å². The van der Waals surface area contributed by atoms with Gasteiger partial charge in [0.1, 0.15) is 5.78 Å². The molecule has 2 N–H and O–H groups in total. The van der Waals surface area contributed by atoms with Crippen molar-refractivity contribution in [1.29, 1.82) is 0 Å². The number of ketones is 1. The van der Waals surface area contributed by atoms with Crippen LogP contribution in [-0.4, -0.2) is 17.3 Å². The third kappa shape index (κ3) is 2.00. The summed E-state index contributed by atoms with van der Waals surface area (Å²) >= 11 is 0. The van der Waals surface area contributed by atoms with Crippen molar-refractivity contribution < 1.29 is 4.79 Å². The number of nitrogens with two attached hydrogens (primary N) is 1. The molecule has 2 atom stereocenters. The standard InChI is InChI=1S/C14H20N2O/c1-3-14(2,9-15)13(17)11-7-6-10-5-4-8-16-12(10)11/h4-5,8,11H,3,6-7,9,15H2,1-2H3. The van der Waals surface area contributed by atoms with Crippen LogP contribution in [0.4, 0.5) is 0 Å². The molecule has 0 aromatic carbocycles. The van der Waals surface area contributed by atoms with Crippen molar-refractivity contribution in [3.05, 3.63) is 29.6 Å². The van der Waals surface area contributed by atoms with E-state index in [1.165, 1.54) is 5.56 Å². The van der Waals surface area contributed by atoms with Gasteiger partial charge in [0.15, 0.2) is 0 Å². The maximum absolute atomic E-state index is 12.6. The van der Waals surface area contributed by atoms with Crippen LogP contribution in [0.25, 0.3) is 0 Å². The summed E-state index contributed by atoms with van der Waals surface area (Å²) in [5.41, 5.74) is 7.57. The molecule has 0 radical (unpaired) electrons. The molecule has 0 amide bonds. The van der Waals surface area contributed by atoms with Crippen molar-refractivity contribution in [3.63, 3.8) is 0 Å². The molecular formula is C14H20N2O. The van der Waals surface area contributed by atoms with E-state index in [9.17, 15) is 4.79 Å². The molecule has 3 heteroatoms. The molecule has 17 heavy (non-hydrogen) atoms. The van der Waals surface area contributed by atoms with Crippen LogP contribution < -0.4 is 5.73 Å². The molecule has 1 aliphatic rings. The minimum absolute atomic E-state index is 0.0419. The first-order valence-electron chi connectivity index (χ1n) is 6.30. The van der Waals surface area contributed by atoms with E-state index in [0.29, 0.717) is 6.54 Å². The van der Waals surface area contributed by atoms with E-state index in [-0.39, 0.29) is 11.7 Å². The molecule has 0 aliphatic heterocycles. The van der Waals surface area contributed by atoms with E-state index in [1.54, 1.807) is 6.20 Å². The molecule has 0 spiro atoms. The fourth-order valence-corrected chi connectivity index (χ4v) is 2.51. The second kappa shape index (κ2) is 4.57. The summed E-state index contributed by atoms with van der Waals surface area (Å²) in [5.74, 6) is 0.222. The number of hydrogen-bond acceptors (Lipinski definition) is 3. The molecule has 0 saturated carbocycles. The van der Waals surface area contributed by atoms with E-state index < -0.39 is 5.41 Å². The first kappa shape index (κ1) is 12.2. The molecule has 92 valence electrons. The van der Waals surface area contributed by atoms with Crippen molar-refractivity contribution in [2.75, 3.05) is 6.54 Å². The molecule has 2 unspecified atom stereocenters. The lowest BCUT2D eigenvalue weighted by atomic mass is 9.76. The van der Waals surface area contributed by atoms with Gasteiger partial charge < -0.3 is 5.73 Å². The van der Waals surface area contributed by atoms with Crippen LogP contribution in [0.5, 0.6) is 0 Å². The Kier molecular flexibility index (Phi) is 3.29. The van der Waals surface area contributed by atoms with Crippen LogP contribution in [0.3, 0.4) is 0 Å². The molecule has 1 aromatic heterocycles. The van der Waals surface area contributed by atoms with Crippen LogP contribution in [0, 0.1) is 5.41 Å². The quantitative estimate of drug-likeness (QED) is 0.864. The first-order valence-corrected chi connectivity index (χ1v) is 6.30. The molecular weight excluding hydrogens is 212 g/mol. The molecule has 2 rings (SSSR count). The van der Waals surface area contributed by atoms with Gasteiger partial charge in [-0.05, 0) is 30.9 Å². The van der Waals surface area contributed by atoms with Crippen molar-refractivity contribution in [2.45, 2.75) is 39.0 Å². The lowest BCUT2D eigenvalue weighted by Gasteiger charge is -2.27. The smallest absolute Gasteiger partial charge is 0.149 e. The summed E-state index contributed by atoms with van der Waals surface area (Å²) in [7, 11) is 0. The average molecular weight is 232 g/mol. The third-order valence-electron chi connectivity index (χ3n) is 4.10. The number of nitrogens with zero attached hydrogens (tertiary/aromatic N) is 1. The van der Waals surface area contributed by atoms with Gasteiger partial charge in [-0.2, -0.15) is 0 Å². The Morgan fingerprint density at radius 2 is 2.41 bits per heavy atom. The number of aromatic nitrogens is 1. The van der Waals surface area contributed by atoms with Gasteiger partial charge in [-0.3, -0.25) is 9.78 Å². The second-order valence-electron chi connectivity index (χ2n) is 5.12. The highest BCUT2D eigenvalue weighted by Gasteiger charge is 2.39. The van der Waals surface area contributed by atoms with Crippen LogP contribution >= 0.6 is 0 Å². The van der Waals surface area contributed by atoms with E-state index in [0.717, 1.165) is 25.0 Å². The number of pyridine rings is 1. The zero-order valence-electron chi connectivity index (χ0n) is 10.6. The number of Topliss-reactive ketones (excluding diaryl/α,β-unsaturated/α-hetero) is 1. The zero-order valence-corrected chi connectivity index (χ0v) is 10.6. The van der Waals surface area contributed by atoms with E-state index >= 15 is 0 Å². The van der Waals surface area contributed by atoms with Gasteiger partial charge in [0.05, 0.1) is 11.6 Å². The lowest BCUT2D eigenvalue weighted by Crippen LogP contribution is -2.38. The van der Waals surface area contributed by atoms with Crippen LogP contribution in [0.2, 0.25) is 0 Å². The largest absolute Gasteiger partial charge is 0.329 e. The minimum atomic E-state index is -0.399. The average Bonchev–Trinajstić information content (AvgIpc) is 2.80. The number of fused-ring (bicyclic) bond motifs is 1. The monoisotopic (exact) mass is 232 g/mol. The van der Waals surface area contributed by atoms with Crippen molar-refractivity contribution in [3.8, 4) is 0 Å². The zero-order chi connectivity index (χ0) is 12.5. The maximum atomic E-state index is 12.6. The summed E-state index contributed by atoms with van der Waals surface area (Å²) in [5, 5.41) is 0. The first-order chi connectivity index (χ1) is 8.12. The molecule has 1 heterocycles.